The van der Waals surface area contributed by atoms with E-state index in [9.17, 15) is 9.59 Å². The molecular weight excluding hydrogens is 302 g/mol. The second kappa shape index (κ2) is 8.29. The minimum Gasteiger partial charge on any atom is -0.350 e. The SMILES string of the molecule is Cc1ccccc1C(=O)NC(C(=O)NC1CCCNC1C)C(C)C. The van der Waals surface area contributed by atoms with Crippen molar-refractivity contribution >= 4 is 11.8 Å². The van der Waals surface area contributed by atoms with Gasteiger partial charge in [0.05, 0.1) is 0 Å². The Bertz CT molecular complexity index is 586. The van der Waals surface area contributed by atoms with Gasteiger partial charge in [-0.15, -0.1) is 0 Å². The smallest absolute Gasteiger partial charge is 0.252 e. The second-order valence-electron chi connectivity index (χ2n) is 7.01. The number of nitrogens with one attached hydrogen (secondary N) is 3. The highest BCUT2D eigenvalue weighted by Crippen LogP contribution is 2.12. The Labute approximate surface area is 144 Å². The molecule has 1 aliphatic rings. The molecule has 0 bridgehead atoms. The van der Waals surface area contributed by atoms with Crippen LogP contribution >= 0.6 is 0 Å². The number of carbonyl (C=O) groups is 2. The first-order chi connectivity index (χ1) is 11.4. The molecule has 3 atom stereocenters. The first-order valence-electron chi connectivity index (χ1n) is 8.80. The molecule has 5 nitrogen and oxygen atoms in total. The number of piperidine rings is 1. The number of benzene rings is 1. The summed E-state index contributed by atoms with van der Waals surface area (Å²) >= 11 is 0. The van der Waals surface area contributed by atoms with E-state index in [1.807, 2.05) is 39.0 Å². The van der Waals surface area contributed by atoms with Gasteiger partial charge in [-0.25, -0.2) is 0 Å². The highest BCUT2D eigenvalue weighted by molar-refractivity contribution is 5.98. The Morgan fingerprint density at radius 2 is 1.96 bits per heavy atom. The van der Waals surface area contributed by atoms with E-state index in [2.05, 4.69) is 22.9 Å². The molecule has 3 N–H and O–H groups in total. The Kier molecular flexibility index (Phi) is 6.37. The van der Waals surface area contributed by atoms with Crippen molar-refractivity contribution in [2.75, 3.05) is 6.54 Å². The van der Waals surface area contributed by atoms with Crippen molar-refractivity contribution in [1.82, 2.24) is 16.0 Å². The number of carbonyl (C=O) groups excluding carboxylic acids is 2. The molecule has 0 saturated carbocycles. The largest absolute Gasteiger partial charge is 0.350 e. The van der Waals surface area contributed by atoms with Gasteiger partial charge in [-0.2, -0.15) is 0 Å². The summed E-state index contributed by atoms with van der Waals surface area (Å²) < 4.78 is 0. The lowest BCUT2D eigenvalue weighted by Gasteiger charge is -2.32. The summed E-state index contributed by atoms with van der Waals surface area (Å²) in [5, 5.41) is 9.39. The van der Waals surface area contributed by atoms with Gasteiger partial charge in [0.2, 0.25) is 5.91 Å². The molecule has 1 aromatic carbocycles. The predicted octanol–water partition coefficient (Wildman–Crippen LogP) is 2.01. The van der Waals surface area contributed by atoms with Gasteiger partial charge in [-0.1, -0.05) is 32.0 Å². The van der Waals surface area contributed by atoms with Gasteiger partial charge >= 0.3 is 0 Å². The molecule has 1 fully saturated rings. The Hall–Kier alpha value is -1.88. The molecule has 0 aliphatic carbocycles. The molecule has 0 aromatic heterocycles. The van der Waals surface area contributed by atoms with E-state index in [1.54, 1.807) is 6.07 Å². The zero-order valence-electron chi connectivity index (χ0n) is 15.1. The third-order valence-corrected chi connectivity index (χ3v) is 4.71. The number of hydrogen-bond acceptors (Lipinski definition) is 3. The Balaban J connectivity index is 2.04. The third kappa shape index (κ3) is 4.57. The monoisotopic (exact) mass is 331 g/mol. The average molecular weight is 331 g/mol. The Morgan fingerprint density at radius 3 is 2.58 bits per heavy atom. The highest BCUT2D eigenvalue weighted by atomic mass is 16.2. The number of rotatable bonds is 5. The molecule has 2 amide bonds. The fraction of sp³-hybridized carbons (Fsp3) is 0.579. The van der Waals surface area contributed by atoms with Crippen molar-refractivity contribution < 1.29 is 9.59 Å². The summed E-state index contributed by atoms with van der Waals surface area (Å²) in [5.74, 6) is -0.283. The van der Waals surface area contributed by atoms with Gasteiger partial charge in [0.25, 0.3) is 5.91 Å². The third-order valence-electron chi connectivity index (χ3n) is 4.71. The molecule has 1 heterocycles. The molecule has 0 spiro atoms. The molecular formula is C19H29N3O2. The molecule has 5 heteroatoms. The van der Waals surface area contributed by atoms with Crippen LogP contribution in [-0.4, -0.2) is 36.5 Å². The van der Waals surface area contributed by atoms with Gasteiger partial charge < -0.3 is 16.0 Å². The molecule has 1 aromatic rings. The van der Waals surface area contributed by atoms with E-state index < -0.39 is 6.04 Å². The quantitative estimate of drug-likeness (QED) is 0.773. The maximum Gasteiger partial charge on any atom is 0.252 e. The summed E-state index contributed by atoms with van der Waals surface area (Å²) in [6.45, 7) is 8.87. The van der Waals surface area contributed by atoms with E-state index in [0.29, 0.717) is 5.56 Å². The van der Waals surface area contributed by atoms with Crippen LogP contribution in [0, 0.1) is 12.8 Å². The molecule has 3 unspecified atom stereocenters. The van der Waals surface area contributed by atoms with E-state index in [4.69, 9.17) is 0 Å². The highest BCUT2D eigenvalue weighted by Gasteiger charge is 2.29. The maximum absolute atomic E-state index is 12.7. The van der Waals surface area contributed by atoms with Crippen LogP contribution in [0.3, 0.4) is 0 Å². The lowest BCUT2D eigenvalue weighted by atomic mass is 9.97. The lowest BCUT2D eigenvalue weighted by Crippen LogP contribution is -2.57. The van der Waals surface area contributed by atoms with Crippen molar-refractivity contribution in [2.45, 2.75) is 58.7 Å². The van der Waals surface area contributed by atoms with Crippen LogP contribution in [-0.2, 0) is 4.79 Å². The normalized spacial score (nSPS) is 22.0. The zero-order valence-corrected chi connectivity index (χ0v) is 15.1. The van der Waals surface area contributed by atoms with Crippen LogP contribution in [0.5, 0.6) is 0 Å². The molecule has 132 valence electrons. The first kappa shape index (κ1) is 18.5. The van der Waals surface area contributed by atoms with Crippen LogP contribution in [0.4, 0.5) is 0 Å². The zero-order chi connectivity index (χ0) is 17.7. The van der Waals surface area contributed by atoms with Crippen LogP contribution in [0.15, 0.2) is 24.3 Å². The van der Waals surface area contributed by atoms with E-state index in [-0.39, 0.29) is 29.8 Å². The van der Waals surface area contributed by atoms with Gasteiger partial charge in [0.15, 0.2) is 0 Å². The second-order valence-corrected chi connectivity index (χ2v) is 7.01. The molecule has 0 radical (unpaired) electrons. The minimum absolute atomic E-state index is 0.0184. The van der Waals surface area contributed by atoms with E-state index in [0.717, 1.165) is 24.9 Å². The molecule has 1 saturated heterocycles. The van der Waals surface area contributed by atoms with Crippen LogP contribution in [0.25, 0.3) is 0 Å². The standard InChI is InChI=1S/C19H29N3O2/c1-12(2)17(19(24)21-16-10-7-11-20-14(16)4)22-18(23)15-9-6-5-8-13(15)3/h5-6,8-9,12,14,16-17,20H,7,10-11H2,1-4H3,(H,21,24)(H,22,23). The van der Waals surface area contributed by atoms with Crippen molar-refractivity contribution in [3.8, 4) is 0 Å². The fourth-order valence-electron chi connectivity index (χ4n) is 3.10. The van der Waals surface area contributed by atoms with Crippen LogP contribution in [0.1, 0.15) is 49.5 Å². The number of aryl methyl sites for hydroxylation is 1. The molecule has 24 heavy (non-hydrogen) atoms. The van der Waals surface area contributed by atoms with Gasteiger partial charge in [-0.3, -0.25) is 9.59 Å². The average Bonchev–Trinajstić information content (AvgIpc) is 2.54. The predicted molar refractivity (Wildman–Crippen MR) is 95.9 cm³/mol. The lowest BCUT2D eigenvalue weighted by molar-refractivity contribution is -0.125. The fourth-order valence-corrected chi connectivity index (χ4v) is 3.10. The summed E-state index contributed by atoms with van der Waals surface area (Å²) in [6.07, 6.45) is 2.02. The topological polar surface area (TPSA) is 70.2 Å². The van der Waals surface area contributed by atoms with Crippen molar-refractivity contribution in [3.05, 3.63) is 35.4 Å². The maximum atomic E-state index is 12.7. The van der Waals surface area contributed by atoms with Crippen LogP contribution in [0.2, 0.25) is 0 Å². The van der Waals surface area contributed by atoms with Gasteiger partial charge in [0.1, 0.15) is 6.04 Å². The minimum atomic E-state index is -0.536. The molecule has 1 aliphatic heterocycles. The first-order valence-corrected chi connectivity index (χ1v) is 8.80. The van der Waals surface area contributed by atoms with Crippen molar-refractivity contribution in [1.29, 1.82) is 0 Å². The van der Waals surface area contributed by atoms with Crippen LogP contribution < -0.4 is 16.0 Å². The van der Waals surface area contributed by atoms with E-state index in [1.165, 1.54) is 0 Å². The Morgan fingerprint density at radius 1 is 1.25 bits per heavy atom. The summed E-state index contributed by atoms with van der Waals surface area (Å²) in [5.41, 5.74) is 1.52. The van der Waals surface area contributed by atoms with Gasteiger partial charge in [0, 0.05) is 17.6 Å². The van der Waals surface area contributed by atoms with Gasteiger partial charge in [-0.05, 0) is 50.8 Å². The van der Waals surface area contributed by atoms with Crippen molar-refractivity contribution in [3.63, 3.8) is 0 Å². The number of amides is 2. The summed E-state index contributed by atoms with van der Waals surface area (Å²) in [7, 11) is 0. The molecule has 2 rings (SSSR count). The van der Waals surface area contributed by atoms with E-state index >= 15 is 0 Å². The number of hydrogen-bond donors (Lipinski definition) is 3. The summed E-state index contributed by atoms with van der Waals surface area (Å²) in [4.78, 5) is 25.2. The summed E-state index contributed by atoms with van der Waals surface area (Å²) in [6, 6.07) is 7.25. The van der Waals surface area contributed by atoms with Crippen molar-refractivity contribution in [2.24, 2.45) is 5.92 Å².